The summed E-state index contributed by atoms with van der Waals surface area (Å²) in [6.45, 7) is 4.26. The van der Waals surface area contributed by atoms with E-state index in [0.29, 0.717) is 23.7 Å². The molecule has 0 saturated heterocycles. The number of fused-ring (bicyclic) bond motifs is 2. The van der Waals surface area contributed by atoms with Crippen molar-refractivity contribution in [3.63, 3.8) is 0 Å². The van der Waals surface area contributed by atoms with Gasteiger partial charge in [0.1, 0.15) is 23.4 Å². The lowest BCUT2D eigenvalue weighted by Crippen LogP contribution is -2.23. The zero-order valence-electron chi connectivity index (χ0n) is 21.1. The number of rotatable bonds is 6. The Kier molecular flexibility index (Phi) is 5.68. The molecule has 1 aliphatic carbocycles. The highest BCUT2D eigenvalue weighted by molar-refractivity contribution is 6.15. The fraction of sp³-hybridized carbons (Fsp3) is 0.161. The first kappa shape index (κ1) is 24.4. The zero-order chi connectivity index (χ0) is 27.3. The molecule has 0 saturated carbocycles. The van der Waals surface area contributed by atoms with E-state index in [1.807, 2.05) is 36.4 Å². The van der Waals surface area contributed by atoms with E-state index in [0.717, 1.165) is 11.1 Å². The molecular formula is C31H22O8. The van der Waals surface area contributed by atoms with Gasteiger partial charge in [-0.05, 0) is 65.7 Å². The van der Waals surface area contributed by atoms with Crippen LogP contribution in [0, 0.1) is 0 Å². The van der Waals surface area contributed by atoms with Gasteiger partial charge in [0, 0.05) is 11.8 Å². The minimum atomic E-state index is -0.674. The molecule has 8 nitrogen and oxygen atoms in total. The van der Waals surface area contributed by atoms with Gasteiger partial charge >= 0.3 is 23.9 Å². The van der Waals surface area contributed by atoms with Crippen molar-refractivity contribution in [1.29, 1.82) is 0 Å². The summed E-state index contributed by atoms with van der Waals surface area (Å²) in [5.41, 5.74) is 2.81. The lowest BCUT2D eigenvalue weighted by Gasteiger charge is -2.30. The Labute approximate surface area is 223 Å². The van der Waals surface area contributed by atoms with Gasteiger partial charge in [-0.1, -0.05) is 38.1 Å². The maximum Gasteiger partial charge on any atom is 0.347 e. The Bertz CT molecular complexity index is 1620. The van der Waals surface area contributed by atoms with Crippen LogP contribution in [0.25, 0.3) is 0 Å². The summed E-state index contributed by atoms with van der Waals surface area (Å²) >= 11 is 0. The van der Waals surface area contributed by atoms with Crippen molar-refractivity contribution in [3.05, 3.63) is 112 Å². The number of cyclic esters (lactones) is 4. The van der Waals surface area contributed by atoms with Crippen LogP contribution in [0.3, 0.4) is 0 Å². The molecule has 3 aliphatic rings. The topological polar surface area (TPSA) is 105 Å². The predicted molar refractivity (Wildman–Crippen MR) is 138 cm³/mol. The van der Waals surface area contributed by atoms with Crippen molar-refractivity contribution in [2.45, 2.75) is 31.8 Å². The summed E-state index contributed by atoms with van der Waals surface area (Å²) in [5.74, 6) is -1.10. The van der Waals surface area contributed by atoms with Crippen LogP contribution in [0.2, 0.25) is 0 Å². The molecule has 3 aromatic carbocycles. The number of benzene rings is 3. The third-order valence-corrected chi connectivity index (χ3v) is 7.11. The Morgan fingerprint density at radius 2 is 1.23 bits per heavy atom. The fourth-order valence-electron chi connectivity index (χ4n) is 4.83. The van der Waals surface area contributed by atoms with Crippen LogP contribution in [-0.2, 0) is 14.9 Å². The average molecular weight is 523 g/mol. The standard InChI is InChI=1S/C31H22O8/c1-31(2,17-3-7-19(8-4-17)36-21-11-13-23-25(15-21)29(34)38-27(23)32)18-5-9-20(10-6-18)37-22-12-14-24-26(16-22)30(35)39-28(24)33/h3-9,11-16,20H,10H2,1-2H3. The highest BCUT2D eigenvalue weighted by Gasteiger charge is 2.31. The molecule has 6 rings (SSSR count). The van der Waals surface area contributed by atoms with Crippen LogP contribution >= 0.6 is 0 Å². The Morgan fingerprint density at radius 3 is 1.82 bits per heavy atom. The van der Waals surface area contributed by atoms with E-state index in [2.05, 4.69) is 29.4 Å². The van der Waals surface area contributed by atoms with E-state index in [1.165, 1.54) is 18.2 Å². The molecule has 3 aromatic rings. The minimum Gasteiger partial charge on any atom is -0.486 e. The molecule has 1 unspecified atom stereocenters. The van der Waals surface area contributed by atoms with Gasteiger partial charge in [0.05, 0.1) is 22.3 Å². The lowest BCUT2D eigenvalue weighted by atomic mass is 9.75. The molecule has 0 amide bonds. The highest BCUT2D eigenvalue weighted by Crippen LogP contribution is 2.37. The Hall–Kier alpha value is -4.98. The number of carbonyl (C=O) groups is 4. The number of hydrogen-bond acceptors (Lipinski definition) is 8. The third kappa shape index (κ3) is 4.40. The first-order chi connectivity index (χ1) is 18.7. The van der Waals surface area contributed by atoms with Crippen molar-refractivity contribution < 1.29 is 38.1 Å². The maximum absolute atomic E-state index is 11.8. The smallest absolute Gasteiger partial charge is 0.347 e. The molecular weight excluding hydrogens is 500 g/mol. The fourth-order valence-corrected chi connectivity index (χ4v) is 4.83. The van der Waals surface area contributed by atoms with Gasteiger partial charge in [-0.3, -0.25) is 0 Å². The van der Waals surface area contributed by atoms with E-state index in [9.17, 15) is 19.2 Å². The van der Waals surface area contributed by atoms with Gasteiger partial charge in [-0.25, -0.2) is 19.2 Å². The van der Waals surface area contributed by atoms with E-state index in [1.54, 1.807) is 18.2 Å². The summed E-state index contributed by atoms with van der Waals surface area (Å²) in [4.78, 5) is 46.9. The van der Waals surface area contributed by atoms with E-state index in [-0.39, 0.29) is 33.8 Å². The van der Waals surface area contributed by atoms with Crippen LogP contribution in [0.15, 0.2) is 84.5 Å². The quantitative estimate of drug-likeness (QED) is 0.299. The van der Waals surface area contributed by atoms with Crippen LogP contribution in [0.4, 0.5) is 0 Å². The van der Waals surface area contributed by atoms with Crippen molar-refractivity contribution in [2.75, 3.05) is 0 Å². The lowest BCUT2D eigenvalue weighted by molar-refractivity contribution is 0.0425. The van der Waals surface area contributed by atoms with Gasteiger partial charge < -0.3 is 18.9 Å². The van der Waals surface area contributed by atoms with Gasteiger partial charge in [0.15, 0.2) is 0 Å². The van der Waals surface area contributed by atoms with Gasteiger partial charge in [0.2, 0.25) is 0 Å². The number of hydrogen-bond donors (Lipinski definition) is 0. The van der Waals surface area contributed by atoms with Crippen molar-refractivity contribution in [3.8, 4) is 17.2 Å². The van der Waals surface area contributed by atoms with Crippen LogP contribution in [0.5, 0.6) is 17.2 Å². The Morgan fingerprint density at radius 1 is 0.692 bits per heavy atom. The molecule has 2 heterocycles. The number of allylic oxidation sites excluding steroid dienone is 2. The zero-order valence-corrected chi connectivity index (χ0v) is 21.1. The van der Waals surface area contributed by atoms with E-state index < -0.39 is 23.9 Å². The maximum atomic E-state index is 11.8. The predicted octanol–water partition coefficient (Wildman–Crippen LogP) is 5.71. The summed E-state index contributed by atoms with van der Waals surface area (Å²) in [7, 11) is 0. The second kappa shape index (κ2) is 9.09. The summed E-state index contributed by atoms with van der Waals surface area (Å²) in [6, 6.07) is 17.1. The highest BCUT2D eigenvalue weighted by atomic mass is 16.6. The second-order valence-electron chi connectivity index (χ2n) is 9.93. The largest absolute Gasteiger partial charge is 0.486 e. The van der Waals surface area contributed by atoms with Crippen molar-refractivity contribution in [1.82, 2.24) is 0 Å². The van der Waals surface area contributed by atoms with Crippen molar-refractivity contribution in [2.24, 2.45) is 0 Å². The first-order valence-corrected chi connectivity index (χ1v) is 12.3. The molecule has 0 radical (unpaired) electrons. The van der Waals surface area contributed by atoms with Crippen LogP contribution in [-0.4, -0.2) is 30.0 Å². The first-order valence-electron chi connectivity index (χ1n) is 12.3. The molecule has 39 heavy (non-hydrogen) atoms. The second-order valence-corrected chi connectivity index (χ2v) is 9.93. The molecule has 0 spiro atoms. The molecule has 2 aliphatic heterocycles. The van der Waals surface area contributed by atoms with Gasteiger partial charge in [0.25, 0.3) is 0 Å². The van der Waals surface area contributed by atoms with Crippen LogP contribution < -0.4 is 9.47 Å². The normalized spacial score (nSPS) is 17.8. The minimum absolute atomic E-state index is 0.197. The van der Waals surface area contributed by atoms with Crippen molar-refractivity contribution >= 4 is 23.9 Å². The summed E-state index contributed by atoms with van der Waals surface area (Å²) in [6.07, 6.45) is 6.57. The summed E-state index contributed by atoms with van der Waals surface area (Å²) < 4.78 is 21.2. The van der Waals surface area contributed by atoms with E-state index in [4.69, 9.17) is 9.47 Å². The molecule has 0 N–H and O–H groups in total. The number of carbonyl (C=O) groups excluding carboxylic acids is 4. The SMILES string of the molecule is CC(C)(C1=CCC(Oc2ccc3c(c2)C(=O)OC3=O)C=C1)c1ccc(Oc2ccc3c(c2)C(=O)OC3=O)cc1. The third-order valence-electron chi connectivity index (χ3n) is 7.11. The average Bonchev–Trinajstić information content (AvgIpc) is 3.37. The van der Waals surface area contributed by atoms with E-state index >= 15 is 0 Å². The van der Waals surface area contributed by atoms with Crippen LogP contribution in [0.1, 0.15) is 67.3 Å². The molecule has 0 aromatic heterocycles. The van der Waals surface area contributed by atoms with Gasteiger partial charge in [-0.15, -0.1) is 0 Å². The molecule has 0 bridgehead atoms. The molecule has 8 heteroatoms. The molecule has 194 valence electrons. The molecule has 1 atom stereocenters. The monoisotopic (exact) mass is 522 g/mol. The number of ether oxygens (including phenoxy) is 4. The molecule has 0 fully saturated rings. The summed E-state index contributed by atoms with van der Waals surface area (Å²) in [5, 5.41) is 0. The Balaban J connectivity index is 1.11. The number of esters is 4. The van der Waals surface area contributed by atoms with Gasteiger partial charge in [-0.2, -0.15) is 0 Å².